The van der Waals surface area contributed by atoms with Crippen molar-refractivity contribution in [2.75, 3.05) is 0 Å². The zero-order valence-electron chi connectivity index (χ0n) is 5.43. The summed E-state index contributed by atoms with van der Waals surface area (Å²) in [6.45, 7) is 0. The van der Waals surface area contributed by atoms with Gasteiger partial charge in [-0.1, -0.05) is 0 Å². The average molecular weight is 206 g/mol. The average Bonchev–Trinajstić information content (AvgIpc) is 1.85. The number of rotatable bonds is 3. The third-order valence-corrected chi connectivity index (χ3v) is 0.553. The maximum atomic E-state index is 9.64. The Hall–Kier alpha value is 0. The van der Waals surface area contributed by atoms with Gasteiger partial charge in [-0.25, -0.2) is 4.57 Å². The van der Waals surface area contributed by atoms with Crippen molar-refractivity contribution in [2.24, 2.45) is 0 Å². The summed E-state index contributed by atoms with van der Waals surface area (Å²) in [5.74, 6) is -2.15. The van der Waals surface area contributed by atoms with Crippen LogP contribution in [0.5, 0.6) is 0 Å². The summed E-state index contributed by atoms with van der Waals surface area (Å²) in [7, 11) is -0.833. The molecule has 0 aliphatic rings. The van der Waals surface area contributed by atoms with Crippen LogP contribution in [0.25, 0.3) is 0 Å². The van der Waals surface area contributed by atoms with Gasteiger partial charge in [0.25, 0.3) is 0 Å². The molecule has 0 fully saturated rings. The Balaban J connectivity index is -0.000000177. The van der Waals surface area contributed by atoms with E-state index in [0.717, 1.165) is 0 Å². The molecular formula is C4H8NaO6P. The Labute approximate surface area is 92.2 Å². The predicted octanol–water partition coefficient (Wildman–Crippen LogP) is -0.527. The molecule has 8 heteroatoms. The summed E-state index contributed by atoms with van der Waals surface area (Å²) in [5, 5.41) is 15.8. The second-order valence-electron chi connectivity index (χ2n) is 1.37. The fraction of sp³-hybridized carbons (Fsp3) is 0.500. The van der Waals surface area contributed by atoms with E-state index in [2.05, 4.69) is 0 Å². The summed E-state index contributed by atoms with van der Waals surface area (Å²) in [6, 6.07) is 0. The van der Waals surface area contributed by atoms with Gasteiger partial charge in [0.2, 0.25) is 0 Å². The summed E-state index contributed by atoms with van der Waals surface area (Å²) in [6.07, 6.45) is -0.593. The van der Waals surface area contributed by atoms with E-state index in [1.54, 1.807) is 0 Å². The molecule has 0 rings (SSSR count). The Kier molecular flexibility index (Phi) is 20.3. The molecule has 12 heavy (non-hydrogen) atoms. The van der Waals surface area contributed by atoms with Gasteiger partial charge in [-0.2, -0.15) is 0 Å². The van der Waals surface area contributed by atoms with Crippen LogP contribution in [0.1, 0.15) is 12.8 Å². The number of carboxylic acids is 2. The number of carboxylic acid groups (broad SMARTS) is 2. The zero-order chi connectivity index (χ0) is 9.28. The monoisotopic (exact) mass is 206 g/mol. The summed E-state index contributed by atoms with van der Waals surface area (Å²) in [5.41, 5.74) is 0. The van der Waals surface area contributed by atoms with Gasteiger partial charge >= 0.3 is 50.2 Å². The molecule has 0 aromatic carbocycles. The van der Waals surface area contributed by atoms with Crippen LogP contribution in [-0.2, 0) is 14.2 Å². The van der Waals surface area contributed by atoms with Crippen molar-refractivity contribution in [3.63, 3.8) is 0 Å². The fourth-order valence-corrected chi connectivity index (χ4v) is 0.214. The van der Waals surface area contributed by atoms with E-state index in [-0.39, 0.29) is 42.4 Å². The first-order valence-electron chi connectivity index (χ1n) is 2.45. The van der Waals surface area contributed by atoms with Crippen LogP contribution >= 0.6 is 8.69 Å². The van der Waals surface area contributed by atoms with Gasteiger partial charge in [-0.15, -0.1) is 0 Å². The van der Waals surface area contributed by atoms with Gasteiger partial charge in [0, 0.05) is 0 Å². The molecule has 3 N–H and O–H groups in total. The van der Waals surface area contributed by atoms with E-state index in [4.69, 9.17) is 19.7 Å². The van der Waals surface area contributed by atoms with Crippen LogP contribution in [0, 0.1) is 0 Å². The first kappa shape index (κ1) is 17.9. The van der Waals surface area contributed by atoms with Crippen molar-refractivity contribution in [3.05, 3.63) is 0 Å². The molecule has 0 amide bonds. The number of aliphatic carboxylic acids is 2. The van der Waals surface area contributed by atoms with Gasteiger partial charge in [0.1, 0.15) is 0 Å². The second kappa shape index (κ2) is 13.6. The zero-order valence-corrected chi connectivity index (χ0v) is 6.32. The fourth-order valence-electron chi connectivity index (χ4n) is 0.214. The molecule has 0 radical (unpaired) electrons. The van der Waals surface area contributed by atoms with E-state index in [9.17, 15) is 9.59 Å². The van der Waals surface area contributed by atoms with Gasteiger partial charge in [-0.05, 0) is 0 Å². The molecule has 0 saturated heterocycles. The third kappa shape index (κ3) is 32.4. The first-order valence-corrected chi connectivity index (χ1v) is 3.21. The van der Waals surface area contributed by atoms with Crippen molar-refractivity contribution in [1.29, 1.82) is 0 Å². The summed E-state index contributed by atoms with van der Waals surface area (Å²) in [4.78, 5) is 26.3. The van der Waals surface area contributed by atoms with Crippen molar-refractivity contribution >= 4 is 50.2 Å². The number of hydrogen-bond donors (Lipinski definition) is 3. The predicted molar refractivity (Wildman–Crippen MR) is 41.5 cm³/mol. The summed E-state index contributed by atoms with van der Waals surface area (Å²) < 4.78 is 8.46. The molecule has 0 aromatic rings. The Bertz CT molecular complexity index is 134. The molecule has 66 valence electrons. The maximum absolute atomic E-state index is 9.64. The molecule has 0 aromatic heterocycles. The molecule has 0 aliphatic heterocycles. The van der Waals surface area contributed by atoms with E-state index < -0.39 is 20.6 Å². The minimum absolute atomic E-state index is 0. The Morgan fingerprint density at radius 2 is 1.25 bits per heavy atom. The van der Waals surface area contributed by atoms with Crippen molar-refractivity contribution in [3.8, 4) is 0 Å². The Morgan fingerprint density at radius 1 is 1.08 bits per heavy atom. The quantitative estimate of drug-likeness (QED) is 0.422. The topological polar surface area (TPSA) is 112 Å². The summed E-state index contributed by atoms with van der Waals surface area (Å²) >= 11 is 0. The van der Waals surface area contributed by atoms with Crippen LogP contribution < -0.4 is 0 Å². The number of carbonyl (C=O) groups is 2. The Morgan fingerprint density at radius 3 is 1.33 bits per heavy atom. The van der Waals surface area contributed by atoms with E-state index in [1.165, 1.54) is 0 Å². The normalized spacial score (nSPS) is 7.42. The molecule has 0 bridgehead atoms. The molecule has 0 spiro atoms. The molecule has 0 saturated carbocycles. The van der Waals surface area contributed by atoms with E-state index >= 15 is 0 Å². The van der Waals surface area contributed by atoms with Crippen LogP contribution in [0.4, 0.5) is 0 Å². The number of hydrogen-bond acceptors (Lipinski definition) is 3. The van der Waals surface area contributed by atoms with Gasteiger partial charge < -0.3 is 15.1 Å². The van der Waals surface area contributed by atoms with Crippen molar-refractivity contribution in [1.82, 2.24) is 0 Å². The van der Waals surface area contributed by atoms with Gasteiger partial charge in [0.05, 0.1) is 12.8 Å². The van der Waals surface area contributed by atoms with Crippen LogP contribution in [-0.4, -0.2) is 56.6 Å². The molecular weight excluding hydrogens is 198 g/mol. The third-order valence-electron chi connectivity index (χ3n) is 0.553. The van der Waals surface area contributed by atoms with E-state index in [1.807, 2.05) is 0 Å². The van der Waals surface area contributed by atoms with Gasteiger partial charge in [0.15, 0.2) is 0 Å². The first-order chi connectivity index (χ1) is 5.04. The standard InChI is InChI=1S/C4H6O4.Na.HO2P.H/c5-3(6)1-2-4(7)8;;1-3-2;/h1-2H2,(H,5,6)(H,7,8);;(H,1,2);. The van der Waals surface area contributed by atoms with Crippen LogP contribution in [0.15, 0.2) is 0 Å². The van der Waals surface area contributed by atoms with Gasteiger partial charge in [-0.3, -0.25) is 9.59 Å². The molecule has 0 aliphatic carbocycles. The van der Waals surface area contributed by atoms with Crippen molar-refractivity contribution in [2.45, 2.75) is 12.8 Å². The second-order valence-corrected chi connectivity index (χ2v) is 1.53. The van der Waals surface area contributed by atoms with Crippen LogP contribution in [0.3, 0.4) is 0 Å². The molecule has 6 nitrogen and oxygen atoms in total. The minimum atomic E-state index is -1.08. The molecule has 0 atom stereocenters. The van der Waals surface area contributed by atoms with Crippen molar-refractivity contribution < 1.29 is 29.3 Å². The molecule has 0 heterocycles. The van der Waals surface area contributed by atoms with Crippen LogP contribution in [0.2, 0.25) is 0 Å². The molecule has 0 unspecified atom stereocenters. The SMILES string of the molecule is O=C(O)CCC(=O)O.O=PO.[NaH]. The van der Waals surface area contributed by atoms with E-state index in [0.29, 0.717) is 0 Å².